The highest BCUT2D eigenvalue weighted by molar-refractivity contribution is 5.96. The second-order valence-corrected chi connectivity index (χ2v) is 4.24. The van der Waals surface area contributed by atoms with Gasteiger partial charge >= 0.3 is 5.97 Å². The number of pyridine rings is 1. The smallest absolute Gasteiger partial charge is 0.303 e. The molecule has 7 heteroatoms. The van der Waals surface area contributed by atoms with Crippen LogP contribution in [0.2, 0.25) is 0 Å². The average Bonchev–Trinajstić information content (AvgIpc) is 2.45. The molecule has 1 rings (SSSR count). The fourth-order valence-corrected chi connectivity index (χ4v) is 1.57. The molecule has 0 fully saturated rings. The highest BCUT2D eigenvalue weighted by Crippen LogP contribution is 2.05. The molecule has 0 aromatic carbocycles. The number of hydrogen-bond acceptors (Lipinski definition) is 4. The molecular weight excluding hydrogens is 262 g/mol. The number of carbonyl (C=O) groups is 3. The minimum absolute atomic E-state index is 0.0193. The second kappa shape index (κ2) is 7.22. The lowest BCUT2D eigenvalue weighted by atomic mass is 10.2. The van der Waals surface area contributed by atoms with Gasteiger partial charge in [0.2, 0.25) is 0 Å². The lowest BCUT2D eigenvalue weighted by Gasteiger charge is -2.16. The Hall–Kier alpha value is -2.44. The van der Waals surface area contributed by atoms with Gasteiger partial charge in [-0.15, -0.1) is 0 Å². The Balaban J connectivity index is 2.62. The van der Waals surface area contributed by atoms with E-state index in [-0.39, 0.29) is 23.9 Å². The third-order valence-corrected chi connectivity index (χ3v) is 2.70. The van der Waals surface area contributed by atoms with Gasteiger partial charge in [0.15, 0.2) is 0 Å². The van der Waals surface area contributed by atoms with Crippen molar-refractivity contribution in [3.05, 3.63) is 29.6 Å². The standard InChI is InChI=1S/C13H17N3O4/c1-14-12(19)10-6-5-9(8-15-10)13(20)16(2)7-3-4-11(17)18/h5-6,8H,3-4,7H2,1-2H3,(H,14,19)(H,17,18). The van der Waals surface area contributed by atoms with Crippen LogP contribution in [0.5, 0.6) is 0 Å². The summed E-state index contributed by atoms with van der Waals surface area (Å²) in [5.74, 6) is -1.47. The summed E-state index contributed by atoms with van der Waals surface area (Å²) < 4.78 is 0. The van der Waals surface area contributed by atoms with Crippen LogP contribution in [0.3, 0.4) is 0 Å². The molecular formula is C13H17N3O4. The van der Waals surface area contributed by atoms with E-state index in [2.05, 4.69) is 10.3 Å². The van der Waals surface area contributed by atoms with Crippen molar-refractivity contribution in [2.24, 2.45) is 0 Å². The van der Waals surface area contributed by atoms with Crippen molar-refractivity contribution in [1.29, 1.82) is 0 Å². The molecule has 0 unspecified atom stereocenters. The first kappa shape index (κ1) is 15.6. The summed E-state index contributed by atoms with van der Waals surface area (Å²) in [5, 5.41) is 11.0. The van der Waals surface area contributed by atoms with Gasteiger partial charge in [-0.2, -0.15) is 0 Å². The van der Waals surface area contributed by atoms with E-state index in [0.717, 1.165) is 0 Å². The second-order valence-electron chi connectivity index (χ2n) is 4.24. The maximum atomic E-state index is 12.0. The fourth-order valence-electron chi connectivity index (χ4n) is 1.57. The molecule has 0 bridgehead atoms. The Kier molecular flexibility index (Phi) is 5.64. The average molecular weight is 279 g/mol. The quantitative estimate of drug-likeness (QED) is 0.784. The Morgan fingerprint density at radius 2 is 2.05 bits per heavy atom. The van der Waals surface area contributed by atoms with Crippen LogP contribution in [0.15, 0.2) is 18.3 Å². The normalized spacial score (nSPS) is 9.90. The molecule has 1 aromatic rings. The Morgan fingerprint density at radius 1 is 1.35 bits per heavy atom. The van der Waals surface area contributed by atoms with Crippen molar-refractivity contribution in [2.45, 2.75) is 12.8 Å². The molecule has 0 atom stereocenters. The zero-order valence-corrected chi connectivity index (χ0v) is 11.4. The van der Waals surface area contributed by atoms with E-state index in [1.165, 1.54) is 30.3 Å². The van der Waals surface area contributed by atoms with E-state index >= 15 is 0 Å². The number of amides is 2. The highest BCUT2D eigenvalue weighted by Gasteiger charge is 2.13. The maximum absolute atomic E-state index is 12.0. The number of carboxylic acid groups (broad SMARTS) is 1. The Labute approximate surface area is 116 Å². The van der Waals surface area contributed by atoms with Gasteiger partial charge in [-0.25, -0.2) is 0 Å². The summed E-state index contributed by atoms with van der Waals surface area (Å²) in [6, 6.07) is 2.99. The van der Waals surface area contributed by atoms with Crippen LogP contribution < -0.4 is 5.32 Å². The first-order valence-corrected chi connectivity index (χ1v) is 6.11. The summed E-state index contributed by atoms with van der Waals surface area (Å²) >= 11 is 0. The van der Waals surface area contributed by atoms with Gasteiger partial charge in [0.1, 0.15) is 5.69 Å². The zero-order chi connectivity index (χ0) is 15.1. The van der Waals surface area contributed by atoms with Crippen LogP contribution in [-0.4, -0.2) is 53.4 Å². The number of nitrogens with one attached hydrogen (secondary N) is 1. The highest BCUT2D eigenvalue weighted by atomic mass is 16.4. The van der Waals surface area contributed by atoms with Gasteiger partial charge in [-0.3, -0.25) is 19.4 Å². The van der Waals surface area contributed by atoms with Crippen molar-refractivity contribution < 1.29 is 19.5 Å². The molecule has 20 heavy (non-hydrogen) atoms. The fraction of sp³-hybridized carbons (Fsp3) is 0.385. The van der Waals surface area contributed by atoms with Crippen LogP contribution in [0.4, 0.5) is 0 Å². The molecule has 0 radical (unpaired) electrons. The van der Waals surface area contributed by atoms with Gasteiger partial charge in [-0.05, 0) is 18.6 Å². The number of aliphatic carboxylic acids is 1. The van der Waals surface area contributed by atoms with Crippen LogP contribution in [0.25, 0.3) is 0 Å². The number of hydrogen-bond donors (Lipinski definition) is 2. The monoisotopic (exact) mass is 279 g/mol. The van der Waals surface area contributed by atoms with Crippen molar-refractivity contribution in [3.63, 3.8) is 0 Å². The van der Waals surface area contributed by atoms with Crippen molar-refractivity contribution >= 4 is 17.8 Å². The molecule has 1 aromatic heterocycles. The van der Waals surface area contributed by atoms with E-state index in [1.807, 2.05) is 0 Å². The largest absolute Gasteiger partial charge is 0.481 e. The predicted molar refractivity (Wildman–Crippen MR) is 71.5 cm³/mol. The number of rotatable bonds is 6. The molecule has 0 aliphatic heterocycles. The van der Waals surface area contributed by atoms with Crippen molar-refractivity contribution in [3.8, 4) is 0 Å². The molecule has 0 aliphatic rings. The molecule has 7 nitrogen and oxygen atoms in total. The number of nitrogens with zero attached hydrogens (tertiary/aromatic N) is 2. The zero-order valence-electron chi connectivity index (χ0n) is 11.4. The molecule has 1 heterocycles. The summed E-state index contributed by atoms with van der Waals surface area (Å²) in [6.07, 6.45) is 1.74. The van der Waals surface area contributed by atoms with E-state index < -0.39 is 5.97 Å². The third kappa shape index (κ3) is 4.34. The van der Waals surface area contributed by atoms with Gasteiger partial charge in [-0.1, -0.05) is 0 Å². The summed E-state index contributed by atoms with van der Waals surface area (Å²) in [4.78, 5) is 39.1. The molecule has 2 N–H and O–H groups in total. The summed E-state index contributed by atoms with van der Waals surface area (Å²) in [5.41, 5.74) is 0.591. The molecule has 108 valence electrons. The van der Waals surface area contributed by atoms with Gasteiger partial charge in [0.25, 0.3) is 11.8 Å². The number of carbonyl (C=O) groups excluding carboxylic acids is 2. The van der Waals surface area contributed by atoms with Gasteiger partial charge in [0, 0.05) is 33.3 Å². The molecule has 0 aliphatic carbocycles. The SMILES string of the molecule is CNC(=O)c1ccc(C(=O)N(C)CCCC(=O)O)cn1. The summed E-state index contributed by atoms with van der Waals surface area (Å²) in [6.45, 7) is 0.350. The van der Waals surface area contributed by atoms with Crippen LogP contribution in [-0.2, 0) is 4.79 Å². The summed E-state index contributed by atoms with van der Waals surface area (Å²) in [7, 11) is 3.09. The predicted octanol–water partition coefficient (Wildman–Crippen LogP) is 0.378. The van der Waals surface area contributed by atoms with E-state index in [0.29, 0.717) is 18.5 Å². The minimum atomic E-state index is -0.887. The minimum Gasteiger partial charge on any atom is -0.481 e. The number of aromatic nitrogens is 1. The number of carboxylic acids is 1. The van der Waals surface area contributed by atoms with Gasteiger partial charge < -0.3 is 15.3 Å². The molecule has 0 saturated heterocycles. The molecule has 2 amide bonds. The van der Waals surface area contributed by atoms with Crippen molar-refractivity contribution in [2.75, 3.05) is 20.6 Å². The van der Waals surface area contributed by atoms with E-state index in [4.69, 9.17) is 5.11 Å². The third-order valence-electron chi connectivity index (χ3n) is 2.70. The lowest BCUT2D eigenvalue weighted by Crippen LogP contribution is -2.28. The van der Waals surface area contributed by atoms with Crippen molar-refractivity contribution in [1.82, 2.24) is 15.2 Å². The first-order chi connectivity index (χ1) is 9.45. The Bertz CT molecular complexity index is 499. The molecule has 0 spiro atoms. The van der Waals surface area contributed by atoms with E-state index in [9.17, 15) is 14.4 Å². The van der Waals surface area contributed by atoms with Crippen LogP contribution in [0.1, 0.15) is 33.7 Å². The van der Waals surface area contributed by atoms with Crippen LogP contribution >= 0.6 is 0 Å². The Morgan fingerprint density at radius 3 is 2.55 bits per heavy atom. The van der Waals surface area contributed by atoms with Crippen LogP contribution in [0, 0.1) is 0 Å². The first-order valence-electron chi connectivity index (χ1n) is 6.11. The lowest BCUT2D eigenvalue weighted by molar-refractivity contribution is -0.137. The van der Waals surface area contributed by atoms with E-state index in [1.54, 1.807) is 7.05 Å². The maximum Gasteiger partial charge on any atom is 0.303 e. The van der Waals surface area contributed by atoms with Gasteiger partial charge in [0.05, 0.1) is 5.56 Å². The molecule has 0 saturated carbocycles. The topological polar surface area (TPSA) is 99.6 Å².